The largest absolute Gasteiger partial charge is 0.496 e. The van der Waals surface area contributed by atoms with Gasteiger partial charge in [0.2, 0.25) is 5.91 Å². The molecule has 1 aliphatic rings. The SMILES string of the molecule is CCOC(OCC)c1c(C2CC(=O)N2)ccc(OC)c1[C@@H](C)F. The van der Waals surface area contributed by atoms with Crippen LogP contribution in [-0.2, 0) is 14.3 Å². The Hall–Kier alpha value is -1.66. The number of ether oxygens (including phenoxy) is 3. The molecule has 1 aromatic rings. The fraction of sp³-hybridized carbons (Fsp3) is 0.588. The van der Waals surface area contributed by atoms with Crippen LogP contribution in [0.2, 0.25) is 0 Å². The second-order valence-corrected chi connectivity index (χ2v) is 5.37. The van der Waals surface area contributed by atoms with E-state index in [1.165, 1.54) is 14.0 Å². The lowest BCUT2D eigenvalue weighted by molar-refractivity contribution is -0.142. The number of hydrogen-bond donors (Lipinski definition) is 1. The third-order valence-corrected chi connectivity index (χ3v) is 3.87. The molecule has 1 aromatic carbocycles. The predicted molar refractivity (Wildman–Crippen MR) is 84.0 cm³/mol. The van der Waals surface area contributed by atoms with Crippen LogP contribution >= 0.6 is 0 Å². The Balaban J connectivity index is 2.57. The van der Waals surface area contributed by atoms with Crippen LogP contribution in [0.4, 0.5) is 4.39 Å². The molecule has 0 bridgehead atoms. The predicted octanol–water partition coefficient (Wildman–Crippen LogP) is 3.36. The van der Waals surface area contributed by atoms with Crippen LogP contribution in [0.25, 0.3) is 0 Å². The molecule has 1 fully saturated rings. The van der Waals surface area contributed by atoms with E-state index in [9.17, 15) is 9.18 Å². The minimum Gasteiger partial charge on any atom is -0.496 e. The van der Waals surface area contributed by atoms with E-state index in [2.05, 4.69) is 5.32 Å². The van der Waals surface area contributed by atoms with Gasteiger partial charge in [0, 0.05) is 24.3 Å². The highest BCUT2D eigenvalue weighted by Gasteiger charge is 2.34. The molecule has 23 heavy (non-hydrogen) atoms. The second kappa shape index (κ2) is 7.75. The minimum atomic E-state index is -1.25. The van der Waals surface area contributed by atoms with Gasteiger partial charge in [-0.2, -0.15) is 0 Å². The fourth-order valence-corrected chi connectivity index (χ4v) is 2.85. The maximum absolute atomic E-state index is 14.3. The van der Waals surface area contributed by atoms with Gasteiger partial charge in [0.1, 0.15) is 11.9 Å². The van der Waals surface area contributed by atoms with E-state index in [-0.39, 0.29) is 11.9 Å². The van der Waals surface area contributed by atoms with Gasteiger partial charge in [0.15, 0.2) is 6.29 Å². The third kappa shape index (κ3) is 3.64. The van der Waals surface area contributed by atoms with E-state index in [1.807, 2.05) is 19.9 Å². The molecule has 1 unspecified atom stereocenters. The summed E-state index contributed by atoms with van der Waals surface area (Å²) in [6, 6.07) is 3.42. The van der Waals surface area contributed by atoms with Gasteiger partial charge in [-0.25, -0.2) is 4.39 Å². The minimum absolute atomic E-state index is 0.0176. The van der Waals surface area contributed by atoms with E-state index in [4.69, 9.17) is 14.2 Å². The summed E-state index contributed by atoms with van der Waals surface area (Å²) in [5, 5.41) is 2.83. The van der Waals surface area contributed by atoms with E-state index in [1.54, 1.807) is 6.07 Å². The van der Waals surface area contributed by atoms with Crippen molar-refractivity contribution >= 4 is 5.91 Å². The molecule has 0 radical (unpaired) electrons. The molecule has 128 valence electrons. The van der Waals surface area contributed by atoms with Crippen LogP contribution in [0.3, 0.4) is 0 Å². The summed E-state index contributed by atoms with van der Waals surface area (Å²) in [6.45, 7) is 6.03. The van der Waals surface area contributed by atoms with E-state index in [0.29, 0.717) is 36.5 Å². The molecule has 0 aromatic heterocycles. The van der Waals surface area contributed by atoms with Gasteiger partial charge in [0.25, 0.3) is 0 Å². The lowest BCUT2D eigenvalue weighted by Gasteiger charge is -2.33. The molecule has 1 heterocycles. The van der Waals surface area contributed by atoms with Crippen molar-refractivity contribution in [3.05, 3.63) is 28.8 Å². The molecule has 1 saturated heterocycles. The summed E-state index contributed by atoms with van der Waals surface area (Å²) in [5.74, 6) is 0.435. The molecule has 0 aliphatic carbocycles. The molecular formula is C17H24FNO4. The number of nitrogens with one attached hydrogen (secondary N) is 1. The smallest absolute Gasteiger partial charge is 0.222 e. The number of β-lactam (4-membered cyclic amide) rings is 1. The summed E-state index contributed by atoms with van der Waals surface area (Å²) in [5.41, 5.74) is 1.85. The first kappa shape index (κ1) is 17.7. The average Bonchev–Trinajstić information content (AvgIpc) is 2.50. The Bertz CT molecular complexity index is 548. The van der Waals surface area contributed by atoms with Crippen molar-refractivity contribution < 1.29 is 23.4 Å². The first-order valence-electron chi connectivity index (χ1n) is 7.90. The number of hydrogen-bond acceptors (Lipinski definition) is 4. The number of carbonyl (C=O) groups excluding carboxylic acids is 1. The van der Waals surface area contributed by atoms with Gasteiger partial charge >= 0.3 is 0 Å². The zero-order valence-corrected chi connectivity index (χ0v) is 14.0. The molecule has 2 atom stereocenters. The maximum atomic E-state index is 14.3. The lowest BCUT2D eigenvalue weighted by Crippen LogP contribution is -2.42. The molecule has 6 heteroatoms. The number of amides is 1. The summed E-state index contributed by atoms with van der Waals surface area (Å²) in [6.07, 6.45) is -1.57. The zero-order valence-electron chi connectivity index (χ0n) is 14.0. The number of alkyl halides is 1. The Labute approximate surface area is 136 Å². The van der Waals surface area contributed by atoms with Crippen LogP contribution in [0.5, 0.6) is 5.75 Å². The summed E-state index contributed by atoms with van der Waals surface area (Å²) in [4.78, 5) is 11.3. The van der Waals surface area contributed by atoms with Crippen molar-refractivity contribution in [2.24, 2.45) is 0 Å². The number of benzene rings is 1. The van der Waals surface area contributed by atoms with Crippen molar-refractivity contribution in [3.8, 4) is 5.75 Å². The van der Waals surface area contributed by atoms with Gasteiger partial charge in [-0.1, -0.05) is 6.07 Å². The fourth-order valence-electron chi connectivity index (χ4n) is 2.85. The normalized spacial score (nSPS) is 18.5. The monoisotopic (exact) mass is 325 g/mol. The highest BCUT2D eigenvalue weighted by atomic mass is 19.1. The van der Waals surface area contributed by atoms with Gasteiger partial charge in [0.05, 0.1) is 19.6 Å². The Morgan fingerprint density at radius 1 is 1.26 bits per heavy atom. The molecule has 1 amide bonds. The van der Waals surface area contributed by atoms with Crippen LogP contribution in [-0.4, -0.2) is 26.2 Å². The van der Waals surface area contributed by atoms with Crippen molar-refractivity contribution in [1.82, 2.24) is 5.32 Å². The van der Waals surface area contributed by atoms with E-state index >= 15 is 0 Å². The van der Waals surface area contributed by atoms with Gasteiger partial charge in [-0.05, 0) is 32.4 Å². The molecular weight excluding hydrogens is 301 g/mol. The Morgan fingerprint density at radius 3 is 2.30 bits per heavy atom. The van der Waals surface area contributed by atoms with E-state index < -0.39 is 12.5 Å². The average molecular weight is 325 g/mol. The standard InChI is InChI=1S/C17H24FNO4/c1-5-22-17(23-6-2)16-11(12-9-14(20)19-12)7-8-13(21-4)15(16)10(3)18/h7-8,10,12,17H,5-6,9H2,1-4H3,(H,19,20)/t10-,12?/m1/s1. The van der Waals surface area contributed by atoms with Crippen molar-refractivity contribution in [1.29, 1.82) is 0 Å². The number of methoxy groups -OCH3 is 1. The summed E-state index contributed by atoms with van der Waals surface area (Å²) < 4.78 is 31.0. The Morgan fingerprint density at radius 2 is 1.87 bits per heavy atom. The zero-order chi connectivity index (χ0) is 17.0. The number of carbonyl (C=O) groups is 1. The van der Waals surface area contributed by atoms with Crippen LogP contribution in [0.15, 0.2) is 12.1 Å². The van der Waals surface area contributed by atoms with Crippen molar-refractivity contribution in [3.63, 3.8) is 0 Å². The lowest BCUT2D eigenvalue weighted by atomic mass is 9.88. The molecule has 1 N–H and O–H groups in total. The highest BCUT2D eigenvalue weighted by Crippen LogP contribution is 2.42. The first-order chi connectivity index (χ1) is 11.0. The second-order valence-electron chi connectivity index (χ2n) is 5.37. The quantitative estimate of drug-likeness (QED) is 0.588. The van der Waals surface area contributed by atoms with Crippen molar-refractivity contribution in [2.75, 3.05) is 20.3 Å². The molecule has 0 spiro atoms. The van der Waals surface area contributed by atoms with Gasteiger partial charge in [-0.3, -0.25) is 4.79 Å². The molecule has 5 nitrogen and oxygen atoms in total. The molecule has 1 aliphatic heterocycles. The first-order valence-corrected chi connectivity index (χ1v) is 7.90. The topological polar surface area (TPSA) is 56.8 Å². The molecule has 2 rings (SSSR count). The number of rotatable bonds is 8. The van der Waals surface area contributed by atoms with E-state index in [0.717, 1.165) is 5.56 Å². The van der Waals surface area contributed by atoms with Gasteiger partial charge < -0.3 is 19.5 Å². The molecule has 0 saturated carbocycles. The van der Waals surface area contributed by atoms with Gasteiger partial charge in [-0.15, -0.1) is 0 Å². The summed E-state index contributed by atoms with van der Waals surface area (Å²) in [7, 11) is 1.51. The van der Waals surface area contributed by atoms with Crippen LogP contribution < -0.4 is 10.1 Å². The highest BCUT2D eigenvalue weighted by molar-refractivity contribution is 5.83. The van der Waals surface area contributed by atoms with Crippen molar-refractivity contribution in [2.45, 2.75) is 45.7 Å². The third-order valence-electron chi connectivity index (χ3n) is 3.87. The number of halogens is 1. The van der Waals surface area contributed by atoms with Crippen LogP contribution in [0.1, 0.15) is 62.4 Å². The van der Waals surface area contributed by atoms with Crippen LogP contribution in [0, 0.1) is 0 Å². The Kier molecular flexibility index (Phi) is 5.96. The maximum Gasteiger partial charge on any atom is 0.222 e. The summed E-state index contributed by atoms with van der Waals surface area (Å²) >= 11 is 0.